The molecule has 0 aliphatic rings. The maximum atomic E-state index is 13.2. The fourth-order valence-corrected chi connectivity index (χ4v) is 10.3. The summed E-state index contributed by atoms with van der Waals surface area (Å²) in [6, 6.07) is 10.8. The van der Waals surface area contributed by atoms with Gasteiger partial charge in [-0.2, -0.15) is 0 Å². The largest absolute Gasteiger partial charge is 3.00 e. The molecule has 0 aromatic heterocycles. The van der Waals surface area contributed by atoms with Crippen LogP contribution in [0.3, 0.4) is 0 Å². The molecule has 0 unspecified atom stereocenters. The molecule has 0 fully saturated rings. The molecule has 299 valence electrons. The minimum absolute atomic E-state index is 0. The molecule has 0 atom stereocenters. The van der Waals surface area contributed by atoms with E-state index in [9.17, 15) is 25.3 Å². The van der Waals surface area contributed by atoms with Gasteiger partial charge >= 0.3 is 17.1 Å². The van der Waals surface area contributed by atoms with E-state index in [0.29, 0.717) is 33.4 Å². The number of nitrogens with zero attached hydrogens (tertiary/aromatic N) is 5. The maximum Gasteiger partial charge on any atom is 3.00 e. The Bertz CT molecular complexity index is 1730. The van der Waals surface area contributed by atoms with Crippen molar-refractivity contribution in [3.8, 4) is 0 Å². The van der Waals surface area contributed by atoms with Crippen molar-refractivity contribution in [3.05, 3.63) is 101 Å². The van der Waals surface area contributed by atoms with E-state index in [1.807, 2.05) is 20.8 Å². The van der Waals surface area contributed by atoms with Crippen molar-refractivity contribution in [1.29, 1.82) is 0 Å². The second kappa shape index (κ2) is 20.6. The van der Waals surface area contributed by atoms with Crippen molar-refractivity contribution in [2.45, 2.75) is 77.0 Å². The molecule has 1 radical (unpaired) electrons. The monoisotopic (exact) mass is 838 g/mol. The van der Waals surface area contributed by atoms with E-state index in [0.717, 1.165) is 21.2 Å². The third kappa shape index (κ3) is 15.8. The average Bonchev–Trinajstić information content (AvgIpc) is 2.89. The summed E-state index contributed by atoms with van der Waals surface area (Å²) in [4.78, 5) is 2.23. The van der Waals surface area contributed by atoms with Crippen LogP contribution in [0.15, 0.2) is 51.1 Å². The van der Waals surface area contributed by atoms with E-state index in [-0.39, 0.29) is 76.5 Å². The summed E-state index contributed by atoms with van der Waals surface area (Å²) < 4.78 is 92.1. The van der Waals surface area contributed by atoms with Crippen LogP contribution in [-0.4, -0.2) is 102 Å². The first-order valence-electron chi connectivity index (χ1n) is 16.8. The number of rotatable bonds is 15. The molecule has 53 heavy (non-hydrogen) atoms. The Hall–Kier alpha value is -2.21. The first-order valence-corrected chi connectivity index (χ1v) is 21.1. The van der Waals surface area contributed by atoms with Gasteiger partial charge in [0.15, 0.2) is 0 Å². The molecule has 16 heteroatoms. The van der Waals surface area contributed by atoms with Gasteiger partial charge in [0.05, 0.1) is 42.9 Å². The number of aryl methyl sites for hydroxylation is 9. The van der Waals surface area contributed by atoms with E-state index >= 15 is 0 Å². The van der Waals surface area contributed by atoms with Crippen LogP contribution in [0.2, 0.25) is 0 Å². The van der Waals surface area contributed by atoms with Crippen molar-refractivity contribution in [3.63, 3.8) is 0 Å². The van der Waals surface area contributed by atoms with Gasteiger partial charge in [0, 0.05) is 0 Å². The van der Waals surface area contributed by atoms with Gasteiger partial charge in [-0.25, -0.2) is 25.3 Å². The van der Waals surface area contributed by atoms with Crippen molar-refractivity contribution < 1.29 is 52.3 Å². The molecule has 0 saturated carbocycles. The summed E-state index contributed by atoms with van der Waals surface area (Å²) in [5.41, 5.74) is 6.48. The summed E-state index contributed by atoms with van der Waals surface area (Å²) in [6.07, 6.45) is 0. The van der Waals surface area contributed by atoms with Crippen LogP contribution >= 0.6 is 0 Å². The molecular weight excluding hydrogens is 778 g/mol. The third-order valence-electron chi connectivity index (χ3n) is 7.62. The summed E-state index contributed by atoms with van der Waals surface area (Å²) >= 11 is 0. The van der Waals surface area contributed by atoms with Crippen LogP contribution < -0.4 is 0 Å². The van der Waals surface area contributed by atoms with Gasteiger partial charge in [-0.15, -0.1) is 19.6 Å². The Kier molecular flexibility index (Phi) is 19.8. The fourth-order valence-electron chi connectivity index (χ4n) is 6.16. The number of quaternary nitrogens is 1. The molecule has 0 saturated heterocycles. The van der Waals surface area contributed by atoms with E-state index in [4.69, 9.17) is 0 Å². The molecule has 0 heterocycles. The molecule has 0 spiro atoms. The van der Waals surface area contributed by atoms with Gasteiger partial charge < -0.3 is 29.0 Å². The van der Waals surface area contributed by atoms with Crippen LogP contribution in [0.4, 0.5) is 0 Å². The van der Waals surface area contributed by atoms with Gasteiger partial charge in [-0.05, 0) is 115 Å². The Balaban J connectivity index is 0.00000361. The molecule has 3 aromatic carbocycles. The van der Waals surface area contributed by atoms with E-state index < -0.39 is 30.1 Å². The molecule has 0 amide bonds. The predicted octanol–water partition coefficient (Wildman–Crippen LogP) is 5.75. The van der Waals surface area contributed by atoms with Crippen molar-refractivity contribution in [2.75, 3.05) is 67.5 Å². The third-order valence-corrected chi connectivity index (χ3v) is 12.7. The van der Waals surface area contributed by atoms with Crippen molar-refractivity contribution >= 4 is 30.1 Å². The number of sulfonamides is 3. The van der Waals surface area contributed by atoms with Crippen LogP contribution in [0, 0.1) is 62.3 Å². The minimum Gasteiger partial charge on any atom is -0.544 e. The molecule has 0 bridgehead atoms. The first kappa shape index (κ1) is 50.8. The molecule has 3 rings (SSSR count). The Labute approximate surface area is 330 Å². The number of benzene rings is 3. The zero-order chi connectivity index (χ0) is 39.1. The van der Waals surface area contributed by atoms with Gasteiger partial charge in [0.2, 0.25) is 0 Å². The van der Waals surface area contributed by atoms with Crippen molar-refractivity contribution in [2.24, 2.45) is 0 Å². The molecule has 12 nitrogen and oxygen atoms in total. The van der Waals surface area contributed by atoms with Gasteiger partial charge in [0.25, 0.3) is 0 Å². The van der Waals surface area contributed by atoms with Crippen LogP contribution in [-0.2, 0) is 52.6 Å². The Morgan fingerprint density at radius 1 is 0.453 bits per heavy atom. The van der Waals surface area contributed by atoms with Crippen molar-refractivity contribution in [1.82, 2.24) is 4.90 Å². The Morgan fingerprint density at radius 3 is 0.792 bits per heavy atom. The van der Waals surface area contributed by atoms with Crippen LogP contribution in [0.25, 0.3) is 14.2 Å². The predicted molar refractivity (Wildman–Crippen MR) is 213 cm³/mol. The first-order chi connectivity index (χ1) is 23.2. The average molecular weight is 839 g/mol. The zero-order valence-electron chi connectivity index (χ0n) is 33.5. The SMILES string of the molecule is C[N+](C)(C)C.Cc1cc(C)c(S(=O)(=O)[N-]CCN(CC[N-]S(=O)(=O)c2c(C)cc(C)cc2C)CC[N-]S(=O)(=O)c2c(C)cc(C)cc2C)c(C)c1.[Fe+3].[OH3+]. The quantitative estimate of drug-likeness (QED) is 0.106. The second-order valence-electron chi connectivity index (χ2n) is 14.7. The molecule has 3 N–H and O–H groups in total. The fraction of sp³-hybridized carbons (Fsp3) is 0.514. The molecule has 3 aromatic rings. The second-order valence-corrected chi connectivity index (χ2v) is 19.5. The summed E-state index contributed by atoms with van der Waals surface area (Å²) in [5, 5.41) is 0. The van der Waals surface area contributed by atoms with E-state index in [1.165, 1.54) is 0 Å². The van der Waals surface area contributed by atoms with Crippen LogP contribution in [0.1, 0.15) is 50.1 Å². The minimum atomic E-state index is -3.96. The summed E-state index contributed by atoms with van der Waals surface area (Å²) in [6.45, 7) is 16.1. The summed E-state index contributed by atoms with van der Waals surface area (Å²) in [7, 11) is -3.38. The molecular formula is C37H60FeN5O7S3+2. The standard InChI is InChI=1S/C33H45N4O6S3.C4H12N.Fe.H2O/c1-22-16-25(4)31(26(5)17-22)44(38,39)34-10-13-37(14-11-35-45(40,41)32-27(6)18-23(2)19-28(32)7)15-12-36-46(42,43)33-29(8)20-24(3)21-30(33)9;1-5(2,3)4;;/h16-21H,10-15H2,1-9H3;1-4H3;;1H2/q-3;+1;+3;/p+1. The summed E-state index contributed by atoms with van der Waals surface area (Å²) in [5.74, 6) is 0. The van der Waals surface area contributed by atoms with Gasteiger partial charge in [-0.1, -0.05) is 53.1 Å². The topological polar surface area (TPSA) is 181 Å². The molecule has 0 aliphatic carbocycles. The Morgan fingerprint density at radius 2 is 0.623 bits per heavy atom. The van der Waals surface area contributed by atoms with E-state index in [2.05, 4.69) is 42.4 Å². The van der Waals surface area contributed by atoms with E-state index in [1.54, 1.807) is 82.8 Å². The molecule has 0 aliphatic heterocycles. The number of hydrogen-bond donors (Lipinski definition) is 0. The van der Waals surface area contributed by atoms with Gasteiger partial charge in [-0.3, -0.25) is 0 Å². The normalized spacial score (nSPS) is 12.1. The van der Waals surface area contributed by atoms with Crippen LogP contribution in [0.5, 0.6) is 0 Å². The van der Waals surface area contributed by atoms with Gasteiger partial charge in [0.1, 0.15) is 30.1 Å². The smallest absolute Gasteiger partial charge is 0.544 e. The number of hydrogen-bond acceptors (Lipinski definition) is 7. The zero-order valence-corrected chi connectivity index (χ0v) is 37.1. The maximum absolute atomic E-state index is 13.2.